The Balaban J connectivity index is 2.78. The second-order valence-electron chi connectivity index (χ2n) is 4.67. The van der Waals surface area contributed by atoms with Crippen molar-refractivity contribution in [2.45, 2.75) is 37.1 Å². The lowest BCUT2D eigenvalue weighted by Crippen LogP contribution is -2.53. The van der Waals surface area contributed by atoms with E-state index < -0.39 is 17.5 Å². The van der Waals surface area contributed by atoms with E-state index in [1.165, 1.54) is 18.7 Å². The first-order valence-corrected chi connectivity index (χ1v) is 7.61. The maximum absolute atomic E-state index is 12.0. The molecule has 6 heteroatoms. The first-order valence-electron chi connectivity index (χ1n) is 6.38. The van der Waals surface area contributed by atoms with Gasteiger partial charge < -0.3 is 15.7 Å². The van der Waals surface area contributed by atoms with Crippen LogP contribution in [0.1, 0.15) is 26.7 Å². The topological polar surface area (TPSA) is 78.4 Å². The van der Waals surface area contributed by atoms with Crippen LogP contribution in [-0.2, 0) is 4.79 Å². The highest BCUT2D eigenvalue weighted by molar-refractivity contribution is 7.98. The average molecular weight is 296 g/mol. The fourth-order valence-corrected chi connectivity index (χ4v) is 2.43. The molecule has 0 aliphatic rings. The number of para-hydroxylation sites is 1. The van der Waals surface area contributed by atoms with Gasteiger partial charge in [-0.05, 0) is 31.7 Å². The van der Waals surface area contributed by atoms with Crippen LogP contribution in [0.25, 0.3) is 0 Å². The maximum atomic E-state index is 12.0. The molecule has 0 aliphatic heterocycles. The van der Waals surface area contributed by atoms with Crippen LogP contribution in [0.2, 0.25) is 0 Å². The van der Waals surface area contributed by atoms with Crippen LogP contribution >= 0.6 is 11.8 Å². The Kier molecular flexibility index (Phi) is 5.88. The van der Waals surface area contributed by atoms with Gasteiger partial charge in [0.2, 0.25) is 0 Å². The Labute approximate surface area is 123 Å². The fourth-order valence-electron chi connectivity index (χ4n) is 1.87. The Morgan fingerprint density at radius 1 is 1.35 bits per heavy atom. The molecule has 0 spiro atoms. The van der Waals surface area contributed by atoms with E-state index in [0.717, 1.165) is 4.90 Å². The maximum Gasteiger partial charge on any atom is 0.329 e. The van der Waals surface area contributed by atoms with Gasteiger partial charge in [-0.25, -0.2) is 9.59 Å². The van der Waals surface area contributed by atoms with Crippen LogP contribution in [0, 0.1) is 0 Å². The normalized spacial score (nSPS) is 13.3. The van der Waals surface area contributed by atoms with Gasteiger partial charge in [0.05, 0.1) is 5.69 Å². The number of benzene rings is 1. The van der Waals surface area contributed by atoms with Gasteiger partial charge in [-0.2, -0.15) is 0 Å². The summed E-state index contributed by atoms with van der Waals surface area (Å²) in [5.74, 6) is -1.03. The molecule has 0 radical (unpaired) electrons. The van der Waals surface area contributed by atoms with Crippen molar-refractivity contribution in [3.63, 3.8) is 0 Å². The van der Waals surface area contributed by atoms with Crippen molar-refractivity contribution < 1.29 is 14.7 Å². The minimum absolute atomic E-state index is 0.375. The summed E-state index contributed by atoms with van der Waals surface area (Å²) in [6, 6.07) is 6.86. The number of rotatable bonds is 6. The Bertz CT molecular complexity index is 493. The number of hydrogen-bond donors (Lipinski definition) is 3. The van der Waals surface area contributed by atoms with Crippen molar-refractivity contribution in [2.24, 2.45) is 0 Å². The fraction of sp³-hybridized carbons (Fsp3) is 0.429. The molecule has 0 bridgehead atoms. The number of carboxylic acids is 1. The van der Waals surface area contributed by atoms with E-state index in [1.807, 2.05) is 31.4 Å². The lowest BCUT2D eigenvalue weighted by atomic mass is 9.97. The molecule has 1 aromatic rings. The van der Waals surface area contributed by atoms with Gasteiger partial charge in [-0.3, -0.25) is 0 Å². The summed E-state index contributed by atoms with van der Waals surface area (Å²) in [6.07, 6.45) is 2.96. The zero-order valence-corrected chi connectivity index (χ0v) is 12.7. The molecule has 2 amide bonds. The quantitative estimate of drug-likeness (QED) is 0.705. The molecule has 0 saturated heterocycles. The summed E-state index contributed by atoms with van der Waals surface area (Å²) >= 11 is 1.51. The molecule has 1 rings (SSSR count). The van der Waals surface area contributed by atoms with Crippen LogP contribution in [0.5, 0.6) is 0 Å². The summed E-state index contributed by atoms with van der Waals surface area (Å²) in [5, 5.41) is 14.5. The van der Waals surface area contributed by atoms with Crippen molar-refractivity contribution in [2.75, 3.05) is 11.6 Å². The van der Waals surface area contributed by atoms with Crippen molar-refractivity contribution in [1.82, 2.24) is 5.32 Å². The standard InChI is InChI=1S/C14H20N2O3S/c1-4-9-14(2,12(17)18)16-13(19)15-10-7-5-6-8-11(10)20-3/h5-8H,4,9H2,1-3H3,(H,17,18)(H2,15,16,19). The first-order chi connectivity index (χ1) is 9.42. The Morgan fingerprint density at radius 3 is 2.55 bits per heavy atom. The number of aliphatic carboxylic acids is 1. The molecule has 5 nitrogen and oxygen atoms in total. The van der Waals surface area contributed by atoms with Gasteiger partial charge in [0.25, 0.3) is 0 Å². The van der Waals surface area contributed by atoms with Crippen molar-refractivity contribution in [1.29, 1.82) is 0 Å². The number of thioether (sulfide) groups is 1. The van der Waals surface area contributed by atoms with E-state index >= 15 is 0 Å². The second-order valence-corrected chi connectivity index (χ2v) is 5.51. The minimum atomic E-state index is -1.26. The minimum Gasteiger partial charge on any atom is -0.480 e. The van der Waals surface area contributed by atoms with Crippen LogP contribution in [0.4, 0.5) is 10.5 Å². The predicted molar refractivity (Wildman–Crippen MR) is 81.3 cm³/mol. The lowest BCUT2D eigenvalue weighted by Gasteiger charge is -2.26. The number of carbonyl (C=O) groups is 2. The average Bonchev–Trinajstić information content (AvgIpc) is 2.39. The Morgan fingerprint density at radius 2 is 2.00 bits per heavy atom. The van der Waals surface area contributed by atoms with E-state index in [4.69, 9.17) is 0 Å². The molecule has 3 N–H and O–H groups in total. The van der Waals surface area contributed by atoms with Crippen LogP contribution < -0.4 is 10.6 Å². The van der Waals surface area contributed by atoms with Crippen molar-refractivity contribution in [3.05, 3.63) is 24.3 Å². The van der Waals surface area contributed by atoms with E-state index in [2.05, 4.69) is 10.6 Å². The third-order valence-electron chi connectivity index (χ3n) is 2.97. The first kappa shape index (κ1) is 16.4. The second kappa shape index (κ2) is 7.19. The van der Waals surface area contributed by atoms with Gasteiger partial charge in [0.15, 0.2) is 0 Å². The number of hydrogen-bond acceptors (Lipinski definition) is 3. The van der Waals surface area contributed by atoms with Gasteiger partial charge in [-0.15, -0.1) is 11.8 Å². The molecule has 0 aliphatic carbocycles. The van der Waals surface area contributed by atoms with Gasteiger partial charge in [-0.1, -0.05) is 25.5 Å². The zero-order valence-electron chi connectivity index (χ0n) is 11.9. The largest absolute Gasteiger partial charge is 0.480 e. The molecule has 1 atom stereocenters. The molecule has 0 saturated carbocycles. The van der Waals surface area contributed by atoms with Crippen LogP contribution in [0.3, 0.4) is 0 Å². The predicted octanol–water partition coefficient (Wildman–Crippen LogP) is 3.17. The van der Waals surface area contributed by atoms with E-state index in [0.29, 0.717) is 18.5 Å². The smallest absolute Gasteiger partial charge is 0.329 e. The third-order valence-corrected chi connectivity index (χ3v) is 3.76. The van der Waals surface area contributed by atoms with Crippen LogP contribution in [-0.4, -0.2) is 28.9 Å². The number of urea groups is 1. The van der Waals surface area contributed by atoms with Crippen molar-refractivity contribution in [3.8, 4) is 0 Å². The summed E-state index contributed by atoms with van der Waals surface area (Å²) in [4.78, 5) is 24.2. The third kappa shape index (κ3) is 4.16. The van der Waals surface area contributed by atoms with E-state index in [9.17, 15) is 14.7 Å². The van der Waals surface area contributed by atoms with E-state index in [1.54, 1.807) is 6.07 Å². The highest BCUT2D eigenvalue weighted by Gasteiger charge is 2.33. The summed E-state index contributed by atoms with van der Waals surface area (Å²) in [6.45, 7) is 3.39. The van der Waals surface area contributed by atoms with E-state index in [-0.39, 0.29) is 0 Å². The van der Waals surface area contributed by atoms with Gasteiger partial charge >= 0.3 is 12.0 Å². The monoisotopic (exact) mass is 296 g/mol. The molecule has 20 heavy (non-hydrogen) atoms. The SMILES string of the molecule is CCCC(C)(NC(=O)Nc1ccccc1SC)C(=O)O. The van der Waals surface area contributed by atoms with Crippen LogP contribution in [0.15, 0.2) is 29.2 Å². The summed E-state index contributed by atoms with van der Waals surface area (Å²) < 4.78 is 0. The molecule has 1 aromatic carbocycles. The number of nitrogens with one attached hydrogen (secondary N) is 2. The number of amides is 2. The molecule has 0 aromatic heterocycles. The highest BCUT2D eigenvalue weighted by atomic mass is 32.2. The lowest BCUT2D eigenvalue weighted by molar-refractivity contribution is -0.143. The highest BCUT2D eigenvalue weighted by Crippen LogP contribution is 2.24. The molecule has 1 unspecified atom stereocenters. The molecule has 110 valence electrons. The number of carbonyl (C=O) groups excluding carboxylic acids is 1. The molecular formula is C14H20N2O3S. The summed E-state index contributed by atoms with van der Waals surface area (Å²) in [5.41, 5.74) is -0.589. The number of carboxylic acid groups (broad SMARTS) is 1. The molecule has 0 fully saturated rings. The van der Waals surface area contributed by atoms with Gasteiger partial charge in [0.1, 0.15) is 5.54 Å². The van der Waals surface area contributed by atoms with Crippen molar-refractivity contribution >= 4 is 29.4 Å². The zero-order chi connectivity index (χ0) is 15.2. The van der Waals surface area contributed by atoms with Gasteiger partial charge in [0, 0.05) is 4.90 Å². The number of anilines is 1. The Hall–Kier alpha value is -1.69. The molecule has 0 heterocycles. The summed E-state index contributed by atoms with van der Waals surface area (Å²) in [7, 11) is 0. The molecular weight excluding hydrogens is 276 g/mol.